The van der Waals surface area contributed by atoms with Crippen molar-refractivity contribution in [1.82, 2.24) is 4.90 Å². The molecule has 1 rings (SSSR count). The van der Waals surface area contributed by atoms with E-state index in [-0.39, 0.29) is 0 Å². The summed E-state index contributed by atoms with van der Waals surface area (Å²) in [4.78, 5) is 3.14. The Morgan fingerprint density at radius 2 is 2.00 bits per heavy atom. The van der Waals surface area contributed by atoms with Crippen LogP contribution in [0.1, 0.15) is 39.5 Å². The molecule has 1 aliphatic rings. The molecule has 0 saturated heterocycles. The Morgan fingerprint density at radius 1 is 1.28 bits per heavy atom. The minimum atomic E-state index is 0.620. The monoisotopic (exact) mass is 272 g/mol. The first-order valence-corrected chi connectivity index (χ1v) is 7.46. The normalized spacial score (nSPS) is 28.6. The van der Waals surface area contributed by atoms with Gasteiger partial charge >= 0.3 is 0 Å². The van der Waals surface area contributed by atoms with Crippen molar-refractivity contribution in [3.8, 4) is 0 Å². The second-order valence-corrected chi connectivity index (χ2v) is 6.19. The summed E-state index contributed by atoms with van der Waals surface area (Å²) in [6.07, 6.45) is 4.75. The lowest BCUT2D eigenvalue weighted by Crippen LogP contribution is -2.43. The van der Waals surface area contributed by atoms with Crippen LogP contribution in [0.2, 0.25) is 0 Å². The lowest BCUT2D eigenvalue weighted by Gasteiger charge is -2.39. The van der Waals surface area contributed by atoms with E-state index in [0.717, 1.165) is 38.0 Å². The number of thiocarbonyl (C=S) groups is 1. The van der Waals surface area contributed by atoms with Crippen LogP contribution < -0.4 is 5.73 Å². The Labute approximate surface area is 117 Å². The third kappa shape index (κ3) is 5.21. The average Bonchev–Trinajstić information content (AvgIpc) is 2.33. The third-order valence-electron chi connectivity index (χ3n) is 4.31. The molecule has 0 aromatic rings. The van der Waals surface area contributed by atoms with Gasteiger partial charge in [-0.3, -0.25) is 4.90 Å². The number of ether oxygens (including phenoxy) is 1. The van der Waals surface area contributed by atoms with Crippen molar-refractivity contribution in [3.05, 3.63) is 0 Å². The molecule has 0 spiro atoms. The Bertz CT molecular complexity index is 260. The molecule has 4 heteroatoms. The van der Waals surface area contributed by atoms with E-state index in [0.29, 0.717) is 11.0 Å². The first kappa shape index (κ1) is 15.9. The van der Waals surface area contributed by atoms with Gasteiger partial charge in [0.25, 0.3) is 0 Å². The summed E-state index contributed by atoms with van der Waals surface area (Å²) in [6.45, 7) is 7.50. The summed E-state index contributed by atoms with van der Waals surface area (Å²) < 4.78 is 5.21. The molecular weight excluding hydrogens is 244 g/mol. The fourth-order valence-corrected chi connectivity index (χ4v) is 2.88. The predicted molar refractivity (Wildman–Crippen MR) is 80.8 cm³/mol. The summed E-state index contributed by atoms with van der Waals surface area (Å²) in [7, 11) is 1.76. The molecule has 1 saturated carbocycles. The lowest BCUT2D eigenvalue weighted by atomic mass is 9.78. The van der Waals surface area contributed by atoms with E-state index in [1.807, 2.05) is 0 Å². The van der Waals surface area contributed by atoms with Gasteiger partial charge in [0.15, 0.2) is 0 Å². The van der Waals surface area contributed by atoms with E-state index in [4.69, 9.17) is 22.7 Å². The molecule has 3 atom stereocenters. The van der Waals surface area contributed by atoms with Gasteiger partial charge in [-0.15, -0.1) is 0 Å². The van der Waals surface area contributed by atoms with Crippen LogP contribution in [0.5, 0.6) is 0 Å². The summed E-state index contributed by atoms with van der Waals surface area (Å²) >= 11 is 4.99. The first-order valence-electron chi connectivity index (χ1n) is 7.05. The standard InChI is InChI=1S/C14H28N2OS/c1-11-4-5-13(10-12(11)2)16(8-9-17-3)7-6-14(15)18/h11-13H,4-10H2,1-3H3,(H2,15,18). The van der Waals surface area contributed by atoms with Crippen LogP contribution in [0.25, 0.3) is 0 Å². The molecule has 2 N–H and O–H groups in total. The van der Waals surface area contributed by atoms with Gasteiger partial charge in [-0.1, -0.05) is 26.1 Å². The molecule has 0 aromatic heterocycles. The van der Waals surface area contributed by atoms with E-state index >= 15 is 0 Å². The number of nitrogens with zero attached hydrogens (tertiary/aromatic N) is 1. The maximum Gasteiger partial charge on any atom is 0.0740 e. The Kier molecular flexibility index (Phi) is 7.12. The van der Waals surface area contributed by atoms with Crippen molar-refractivity contribution in [1.29, 1.82) is 0 Å². The van der Waals surface area contributed by atoms with Gasteiger partial charge in [0, 0.05) is 32.7 Å². The summed E-state index contributed by atoms with van der Waals surface area (Å²) in [5.74, 6) is 1.68. The van der Waals surface area contributed by atoms with Gasteiger partial charge in [0.1, 0.15) is 0 Å². The van der Waals surface area contributed by atoms with Crippen LogP contribution in [0.3, 0.4) is 0 Å². The van der Waals surface area contributed by atoms with E-state index < -0.39 is 0 Å². The van der Waals surface area contributed by atoms with Gasteiger partial charge in [0.2, 0.25) is 0 Å². The summed E-state index contributed by atoms with van der Waals surface area (Å²) in [5, 5.41) is 0. The highest BCUT2D eigenvalue weighted by Crippen LogP contribution is 2.32. The molecule has 106 valence electrons. The highest BCUT2D eigenvalue weighted by Gasteiger charge is 2.28. The Hall–Kier alpha value is -0.190. The SMILES string of the molecule is COCCN(CCC(N)=S)C1CCC(C)C(C)C1. The van der Waals surface area contributed by atoms with E-state index in [9.17, 15) is 0 Å². The topological polar surface area (TPSA) is 38.5 Å². The van der Waals surface area contributed by atoms with E-state index in [1.54, 1.807) is 7.11 Å². The van der Waals surface area contributed by atoms with Gasteiger partial charge in [0.05, 0.1) is 11.6 Å². The molecule has 1 fully saturated rings. The lowest BCUT2D eigenvalue weighted by molar-refractivity contribution is 0.0795. The van der Waals surface area contributed by atoms with Crippen molar-refractivity contribution < 1.29 is 4.74 Å². The Balaban J connectivity index is 2.49. The van der Waals surface area contributed by atoms with Crippen molar-refractivity contribution >= 4 is 17.2 Å². The highest BCUT2D eigenvalue weighted by molar-refractivity contribution is 7.80. The fraction of sp³-hybridized carbons (Fsp3) is 0.929. The van der Waals surface area contributed by atoms with Crippen molar-refractivity contribution in [3.63, 3.8) is 0 Å². The van der Waals surface area contributed by atoms with Crippen LogP contribution in [0.15, 0.2) is 0 Å². The molecule has 0 bridgehead atoms. The highest BCUT2D eigenvalue weighted by atomic mass is 32.1. The average molecular weight is 272 g/mol. The maximum atomic E-state index is 5.62. The van der Waals surface area contributed by atoms with Crippen molar-refractivity contribution in [2.24, 2.45) is 17.6 Å². The number of hydrogen-bond donors (Lipinski definition) is 1. The van der Waals surface area contributed by atoms with Gasteiger partial charge < -0.3 is 10.5 Å². The summed E-state index contributed by atoms with van der Waals surface area (Å²) in [5.41, 5.74) is 5.62. The quantitative estimate of drug-likeness (QED) is 0.723. The minimum Gasteiger partial charge on any atom is -0.393 e. The molecule has 0 radical (unpaired) electrons. The smallest absolute Gasteiger partial charge is 0.0740 e. The zero-order valence-electron chi connectivity index (χ0n) is 12.0. The van der Waals surface area contributed by atoms with Crippen molar-refractivity contribution in [2.45, 2.75) is 45.6 Å². The van der Waals surface area contributed by atoms with Crippen LogP contribution >= 0.6 is 12.2 Å². The molecule has 18 heavy (non-hydrogen) atoms. The Morgan fingerprint density at radius 3 is 2.56 bits per heavy atom. The molecule has 0 heterocycles. The summed E-state index contributed by atoms with van der Waals surface area (Å²) in [6, 6.07) is 0.681. The van der Waals surface area contributed by atoms with Crippen LogP contribution in [-0.2, 0) is 4.74 Å². The number of hydrogen-bond acceptors (Lipinski definition) is 3. The van der Waals surface area contributed by atoms with Crippen LogP contribution in [0.4, 0.5) is 0 Å². The second kappa shape index (κ2) is 8.08. The fourth-order valence-electron chi connectivity index (χ4n) is 2.79. The minimum absolute atomic E-state index is 0.620. The predicted octanol–water partition coefficient (Wildman–Crippen LogP) is 2.44. The molecular formula is C14H28N2OS. The first-order chi connectivity index (χ1) is 8.54. The molecule has 0 aromatic carbocycles. The van der Waals surface area contributed by atoms with E-state index in [2.05, 4.69) is 18.7 Å². The van der Waals surface area contributed by atoms with Gasteiger partial charge in [-0.05, 0) is 31.1 Å². The van der Waals surface area contributed by atoms with E-state index in [1.165, 1.54) is 19.3 Å². The molecule has 3 unspecified atom stereocenters. The number of nitrogens with two attached hydrogens (primary N) is 1. The molecule has 1 aliphatic carbocycles. The largest absolute Gasteiger partial charge is 0.393 e. The molecule has 0 aliphatic heterocycles. The molecule has 0 amide bonds. The third-order valence-corrected chi connectivity index (χ3v) is 4.52. The second-order valence-electron chi connectivity index (χ2n) is 5.67. The van der Waals surface area contributed by atoms with Crippen molar-refractivity contribution in [2.75, 3.05) is 26.8 Å². The zero-order valence-corrected chi connectivity index (χ0v) is 12.8. The molecule has 3 nitrogen and oxygen atoms in total. The maximum absolute atomic E-state index is 5.62. The zero-order chi connectivity index (χ0) is 13.5. The van der Waals surface area contributed by atoms with Gasteiger partial charge in [-0.2, -0.15) is 0 Å². The van der Waals surface area contributed by atoms with Crippen LogP contribution in [0, 0.1) is 11.8 Å². The van der Waals surface area contributed by atoms with Gasteiger partial charge in [-0.25, -0.2) is 0 Å². The number of methoxy groups -OCH3 is 1. The number of rotatable bonds is 7. The van der Waals surface area contributed by atoms with Crippen LogP contribution in [-0.4, -0.2) is 42.7 Å².